The lowest BCUT2D eigenvalue weighted by molar-refractivity contribution is -0.140. The second kappa shape index (κ2) is 4.02. The Morgan fingerprint density at radius 3 is 2.00 bits per heavy atom. The molecule has 0 spiro atoms. The highest BCUT2D eigenvalue weighted by Gasteiger charge is 2.25. The van der Waals surface area contributed by atoms with E-state index >= 15 is 0 Å². The van der Waals surface area contributed by atoms with E-state index in [0.717, 1.165) is 0 Å². The minimum atomic E-state index is -1.32. The molecule has 0 aromatic carbocycles. The van der Waals surface area contributed by atoms with Crippen molar-refractivity contribution in [3.8, 4) is 0 Å². The quantitative estimate of drug-likeness (QED) is 0.612. The van der Waals surface area contributed by atoms with E-state index in [2.05, 4.69) is 12.2 Å². The van der Waals surface area contributed by atoms with Crippen LogP contribution in [0.15, 0.2) is 0 Å². The van der Waals surface area contributed by atoms with E-state index in [-0.39, 0.29) is 6.42 Å². The molecule has 1 unspecified atom stereocenters. The zero-order valence-corrected chi connectivity index (χ0v) is 6.72. The van der Waals surface area contributed by atoms with Crippen molar-refractivity contribution in [1.29, 1.82) is 0 Å². The monoisotopic (exact) mass is 176 g/mol. The first kappa shape index (κ1) is 10.0. The molecule has 5 heteroatoms. The molecule has 1 atom stereocenters. The predicted molar refractivity (Wildman–Crippen MR) is 41.7 cm³/mol. The highest BCUT2D eigenvalue weighted by molar-refractivity contribution is 7.82. The number of hydrogen-bond acceptors (Lipinski definition) is 3. The fourth-order valence-corrected chi connectivity index (χ4v) is 0.889. The number of hydrogen-bond donors (Lipinski definition) is 2. The van der Waals surface area contributed by atoms with Gasteiger partial charge in [-0.2, -0.15) is 0 Å². The molecule has 2 N–H and O–H groups in total. The van der Waals surface area contributed by atoms with Crippen LogP contribution >= 0.6 is 12.2 Å². The maximum Gasteiger partial charge on any atom is 0.343 e. The Kier molecular flexibility index (Phi) is 3.67. The molecule has 11 heavy (non-hydrogen) atoms. The molecule has 0 saturated carbocycles. The molecule has 0 saturated heterocycles. The largest absolute Gasteiger partial charge is 0.481 e. The van der Waals surface area contributed by atoms with Crippen LogP contribution in [0.5, 0.6) is 0 Å². The molecule has 0 radical (unpaired) electrons. The van der Waals surface area contributed by atoms with Crippen LogP contribution in [0.1, 0.15) is 13.3 Å². The highest BCUT2D eigenvalue weighted by Crippen LogP contribution is 2.05. The van der Waals surface area contributed by atoms with Crippen LogP contribution < -0.4 is 0 Å². The van der Waals surface area contributed by atoms with Crippen LogP contribution in [0.3, 0.4) is 0 Å². The van der Waals surface area contributed by atoms with Crippen molar-refractivity contribution in [3.63, 3.8) is 0 Å². The fraction of sp³-hybridized carbons (Fsp3) is 0.500. The van der Waals surface area contributed by atoms with E-state index in [1.807, 2.05) is 0 Å². The van der Waals surface area contributed by atoms with Gasteiger partial charge in [0.2, 0.25) is 0 Å². The average molecular weight is 176 g/mol. The van der Waals surface area contributed by atoms with Gasteiger partial charge in [-0.1, -0.05) is 19.1 Å². The van der Waals surface area contributed by atoms with E-state index in [4.69, 9.17) is 10.2 Å². The summed E-state index contributed by atoms with van der Waals surface area (Å²) >= 11 is 4.39. The van der Waals surface area contributed by atoms with Crippen LogP contribution in [-0.2, 0) is 9.59 Å². The van der Waals surface area contributed by atoms with Gasteiger partial charge < -0.3 is 10.2 Å². The van der Waals surface area contributed by atoms with Gasteiger partial charge in [-0.15, -0.1) is 0 Å². The lowest BCUT2D eigenvalue weighted by atomic mass is 10.0. The summed E-state index contributed by atoms with van der Waals surface area (Å²) in [7, 11) is 0. The molecule has 0 aliphatic rings. The van der Waals surface area contributed by atoms with Crippen molar-refractivity contribution in [2.75, 3.05) is 0 Å². The third-order valence-corrected chi connectivity index (χ3v) is 1.69. The van der Waals surface area contributed by atoms with Gasteiger partial charge in [-0.3, -0.25) is 4.79 Å². The Morgan fingerprint density at radius 1 is 1.45 bits per heavy atom. The predicted octanol–water partition coefficient (Wildman–Crippen LogP) is 0.552. The van der Waals surface area contributed by atoms with Gasteiger partial charge in [0.15, 0.2) is 0 Å². The molecular weight excluding hydrogens is 168 g/mol. The number of thiocarbonyl (C=S) groups is 1. The second-order valence-corrected chi connectivity index (χ2v) is 2.41. The zero-order chi connectivity index (χ0) is 9.02. The van der Waals surface area contributed by atoms with E-state index in [1.165, 1.54) is 0 Å². The maximum atomic E-state index is 10.3. The number of rotatable bonds is 4. The van der Waals surface area contributed by atoms with Crippen molar-refractivity contribution >= 4 is 29.0 Å². The first-order valence-electron chi connectivity index (χ1n) is 3.00. The van der Waals surface area contributed by atoms with Gasteiger partial charge in [0.25, 0.3) is 0 Å². The van der Waals surface area contributed by atoms with Gasteiger partial charge in [0.05, 0.1) is 5.92 Å². The first-order chi connectivity index (χ1) is 5.00. The topological polar surface area (TPSA) is 74.6 Å². The van der Waals surface area contributed by atoms with Crippen molar-refractivity contribution in [2.45, 2.75) is 13.3 Å². The van der Waals surface area contributed by atoms with Crippen LogP contribution in [-0.4, -0.2) is 27.0 Å². The normalized spacial score (nSPS) is 12.1. The molecule has 0 heterocycles. The first-order valence-corrected chi connectivity index (χ1v) is 3.41. The van der Waals surface area contributed by atoms with Gasteiger partial charge in [0, 0.05) is 0 Å². The Balaban J connectivity index is 4.39. The number of carbonyl (C=O) groups is 2. The number of carboxylic acid groups (broad SMARTS) is 2. The van der Waals surface area contributed by atoms with Gasteiger partial charge in [0.1, 0.15) is 4.86 Å². The summed E-state index contributed by atoms with van der Waals surface area (Å²) in [5.41, 5.74) is 0. The fourth-order valence-electron chi connectivity index (χ4n) is 0.621. The van der Waals surface area contributed by atoms with E-state index < -0.39 is 22.7 Å². The molecule has 0 rings (SSSR count). The third-order valence-electron chi connectivity index (χ3n) is 1.23. The van der Waals surface area contributed by atoms with Crippen molar-refractivity contribution in [2.24, 2.45) is 5.92 Å². The summed E-state index contributed by atoms with van der Waals surface area (Å²) in [6, 6.07) is 0. The molecule has 0 aromatic rings. The smallest absolute Gasteiger partial charge is 0.343 e. The lowest BCUT2D eigenvalue weighted by Gasteiger charge is -2.05. The molecular formula is C6H8O4S. The summed E-state index contributed by atoms with van der Waals surface area (Å²) in [5.74, 6) is -3.54. The van der Waals surface area contributed by atoms with Crippen molar-refractivity contribution in [1.82, 2.24) is 0 Å². The summed E-state index contributed by atoms with van der Waals surface area (Å²) in [6.45, 7) is 1.58. The average Bonchev–Trinajstić information content (AvgIpc) is 1.88. The van der Waals surface area contributed by atoms with Gasteiger partial charge in [-0.25, -0.2) is 4.79 Å². The van der Waals surface area contributed by atoms with E-state index in [1.54, 1.807) is 6.92 Å². The van der Waals surface area contributed by atoms with Crippen LogP contribution in [0, 0.1) is 5.92 Å². The minimum Gasteiger partial charge on any atom is -0.481 e. The summed E-state index contributed by atoms with van der Waals surface area (Å²) < 4.78 is 0. The van der Waals surface area contributed by atoms with Crippen molar-refractivity contribution < 1.29 is 19.8 Å². The molecule has 0 aliphatic carbocycles. The Labute approximate surface area is 68.8 Å². The van der Waals surface area contributed by atoms with E-state index in [0.29, 0.717) is 0 Å². The molecule has 0 aliphatic heterocycles. The SMILES string of the molecule is CCC(C(=O)O)C(=S)C(=O)O. The Hall–Kier alpha value is -0.970. The van der Waals surface area contributed by atoms with Gasteiger partial charge >= 0.3 is 11.9 Å². The third kappa shape index (κ3) is 2.63. The van der Waals surface area contributed by atoms with E-state index in [9.17, 15) is 9.59 Å². The minimum absolute atomic E-state index is 0.209. The second-order valence-electron chi connectivity index (χ2n) is 1.97. The highest BCUT2D eigenvalue weighted by atomic mass is 32.1. The number of aliphatic carboxylic acids is 2. The molecule has 0 fully saturated rings. The molecule has 0 bridgehead atoms. The summed E-state index contributed by atoms with van der Waals surface area (Å²) in [5, 5.41) is 16.8. The summed E-state index contributed by atoms with van der Waals surface area (Å²) in [6.07, 6.45) is 0.209. The van der Waals surface area contributed by atoms with Crippen LogP contribution in [0.4, 0.5) is 0 Å². The standard InChI is InChI=1S/C6H8O4S/c1-2-3(5(7)8)4(11)6(9)10/h3H,2H2,1H3,(H,7,8)(H,9,10). The number of carboxylic acids is 2. The van der Waals surface area contributed by atoms with Crippen LogP contribution in [0.2, 0.25) is 0 Å². The zero-order valence-electron chi connectivity index (χ0n) is 5.90. The molecule has 4 nitrogen and oxygen atoms in total. The molecule has 0 amide bonds. The summed E-state index contributed by atoms with van der Waals surface area (Å²) in [4.78, 5) is 20.1. The van der Waals surface area contributed by atoms with Gasteiger partial charge in [-0.05, 0) is 6.42 Å². The van der Waals surface area contributed by atoms with Crippen LogP contribution in [0.25, 0.3) is 0 Å². The Bertz CT molecular complexity index is 199. The molecule has 0 aromatic heterocycles. The lowest BCUT2D eigenvalue weighted by Crippen LogP contribution is -2.27. The van der Waals surface area contributed by atoms with Crippen molar-refractivity contribution in [3.05, 3.63) is 0 Å². The maximum absolute atomic E-state index is 10.3. The Morgan fingerprint density at radius 2 is 1.91 bits per heavy atom. The molecule has 62 valence electrons.